The van der Waals surface area contributed by atoms with Gasteiger partial charge in [0, 0.05) is 13.6 Å². The molecule has 1 rings (SSSR count). The molecular weight excluding hydrogens is 168 g/mol. The minimum atomic E-state index is -0.308. The third kappa shape index (κ3) is 2.06. The molecule has 0 radical (unpaired) electrons. The van der Waals surface area contributed by atoms with Crippen LogP contribution >= 0.6 is 0 Å². The average molecular weight is 184 g/mol. The lowest BCUT2D eigenvalue weighted by molar-refractivity contribution is -0.129. The highest BCUT2D eigenvalue weighted by atomic mass is 16.2. The van der Waals surface area contributed by atoms with Gasteiger partial charge in [0.25, 0.3) is 0 Å². The van der Waals surface area contributed by atoms with Crippen molar-refractivity contribution in [2.75, 3.05) is 26.7 Å². The summed E-state index contributed by atoms with van der Waals surface area (Å²) in [5.74, 6) is 0.0703. The highest BCUT2D eigenvalue weighted by Crippen LogP contribution is 2.29. The Morgan fingerprint density at radius 2 is 2.38 bits per heavy atom. The fraction of sp³-hybridized carbons (Fsp3) is 0.778. The van der Waals surface area contributed by atoms with E-state index in [0.717, 1.165) is 19.3 Å². The van der Waals surface area contributed by atoms with Crippen LogP contribution in [0.1, 0.15) is 13.3 Å². The molecule has 13 heavy (non-hydrogen) atoms. The monoisotopic (exact) mass is 184 g/mol. The number of aldehydes is 1. The lowest BCUT2D eigenvalue weighted by Crippen LogP contribution is -2.39. The van der Waals surface area contributed by atoms with Gasteiger partial charge in [-0.3, -0.25) is 9.69 Å². The van der Waals surface area contributed by atoms with E-state index in [-0.39, 0.29) is 11.3 Å². The standard InChI is InChI=1S/C9H16N2O2/c1-9(8(13)10-2)3-4-11(7-9)5-6-12/h6H,3-5,7H2,1-2H3,(H,10,13). The Labute approximate surface area is 78.3 Å². The van der Waals surface area contributed by atoms with Gasteiger partial charge < -0.3 is 10.1 Å². The molecule has 0 spiro atoms. The van der Waals surface area contributed by atoms with Crippen LogP contribution < -0.4 is 5.32 Å². The molecule has 1 aliphatic rings. The molecule has 4 nitrogen and oxygen atoms in total. The Morgan fingerprint density at radius 3 is 2.92 bits per heavy atom. The summed E-state index contributed by atoms with van der Waals surface area (Å²) in [6.07, 6.45) is 1.72. The van der Waals surface area contributed by atoms with Crippen molar-refractivity contribution in [3.63, 3.8) is 0 Å². The highest BCUT2D eigenvalue weighted by Gasteiger charge is 2.39. The Morgan fingerprint density at radius 1 is 1.69 bits per heavy atom. The van der Waals surface area contributed by atoms with Gasteiger partial charge >= 0.3 is 0 Å². The van der Waals surface area contributed by atoms with Crippen LogP contribution in [0.15, 0.2) is 0 Å². The zero-order valence-corrected chi connectivity index (χ0v) is 8.17. The lowest BCUT2D eigenvalue weighted by Gasteiger charge is -2.21. The fourth-order valence-electron chi connectivity index (χ4n) is 1.80. The number of carbonyl (C=O) groups is 2. The van der Waals surface area contributed by atoms with Gasteiger partial charge in [0.1, 0.15) is 6.29 Å². The van der Waals surface area contributed by atoms with E-state index < -0.39 is 0 Å². The summed E-state index contributed by atoms with van der Waals surface area (Å²) < 4.78 is 0. The zero-order valence-electron chi connectivity index (χ0n) is 8.17. The molecule has 0 aromatic heterocycles. The lowest BCUT2D eigenvalue weighted by atomic mass is 9.89. The quantitative estimate of drug-likeness (QED) is 0.610. The van der Waals surface area contributed by atoms with E-state index in [1.165, 1.54) is 0 Å². The smallest absolute Gasteiger partial charge is 0.227 e. The molecule has 74 valence electrons. The molecule has 1 aliphatic heterocycles. The number of nitrogens with one attached hydrogen (secondary N) is 1. The minimum absolute atomic E-state index is 0.0703. The molecule has 4 heteroatoms. The molecule has 0 saturated carbocycles. The molecule has 1 fully saturated rings. The van der Waals surface area contributed by atoms with Gasteiger partial charge in [-0.25, -0.2) is 0 Å². The number of likely N-dealkylation sites (tertiary alicyclic amines) is 1. The van der Waals surface area contributed by atoms with Crippen molar-refractivity contribution in [2.45, 2.75) is 13.3 Å². The first-order valence-corrected chi connectivity index (χ1v) is 4.50. The maximum absolute atomic E-state index is 11.5. The summed E-state index contributed by atoms with van der Waals surface area (Å²) in [7, 11) is 1.65. The van der Waals surface area contributed by atoms with Crippen LogP contribution in [0, 0.1) is 5.41 Å². The van der Waals surface area contributed by atoms with E-state index in [4.69, 9.17) is 0 Å². The number of carbonyl (C=O) groups excluding carboxylic acids is 2. The van der Waals surface area contributed by atoms with Crippen molar-refractivity contribution >= 4 is 12.2 Å². The number of hydrogen-bond acceptors (Lipinski definition) is 3. The normalized spacial score (nSPS) is 28.8. The van der Waals surface area contributed by atoms with E-state index in [0.29, 0.717) is 13.1 Å². The summed E-state index contributed by atoms with van der Waals surface area (Å²) in [4.78, 5) is 23.7. The molecule has 1 unspecified atom stereocenters. The van der Waals surface area contributed by atoms with Gasteiger partial charge in [-0.1, -0.05) is 0 Å². The third-order valence-corrected chi connectivity index (χ3v) is 2.66. The van der Waals surface area contributed by atoms with E-state index >= 15 is 0 Å². The third-order valence-electron chi connectivity index (χ3n) is 2.66. The van der Waals surface area contributed by atoms with Crippen LogP contribution in [0.25, 0.3) is 0 Å². The van der Waals surface area contributed by atoms with Crippen molar-refractivity contribution in [1.82, 2.24) is 10.2 Å². The number of nitrogens with zero attached hydrogens (tertiary/aromatic N) is 1. The van der Waals surface area contributed by atoms with Crippen LogP contribution in [0.4, 0.5) is 0 Å². The molecule has 1 N–H and O–H groups in total. The maximum Gasteiger partial charge on any atom is 0.227 e. The second-order valence-corrected chi connectivity index (χ2v) is 3.79. The predicted molar refractivity (Wildman–Crippen MR) is 49.3 cm³/mol. The average Bonchev–Trinajstić information content (AvgIpc) is 2.48. The van der Waals surface area contributed by atoms with Crippen LogP contribution in [0.5, 0.6) is 0 Å². The van der Waals surface area contributed by atoms with E-state index in [1.807, 2.05) is 11.8 Å². The summed E-state index contributed by atoms with van der Waals surface area (Å²) in [5, 5.41) is 2.66. The minimum Gasteiger partial charge on any atom is -0.359 e. The van der Waals surface area contributed by atoms with Crippen molar-refractivity contribution in [3.8, 4) is 0 Å². The largest absolute Gasteiger partial charge is 0.359 e. The van der Waals surface area contributed by atoms with Crippen molar-refractivity contribution in [3.05, 3.63) is 0 Å². The first-order chi connectivity index (χ1) is 6.12. The highest BCUT2D eigenvalue weighted by molar-refractivity contribution is 5.82. The fourth-order valence-corrected chi connectivity index (χ4v) is 1.80. The SMILES string of the molecule is CNC(=O)C1(C)CCN(CC=O)C1. The summed E-state index contributed by atoms with van der Waals surface area (Å²) in [5.41, 5.74) is -0.308. The van der Waals surface area contributed by atoms with Gasteiger partial charge in [0.2, 0.25) is 5.91 Å². The molecule has 0 aliphatic carbocycles. The molecule has 0 aromatic carbocycles. The van der Waals surface area contributed by atoms with Crippen molar-refractivity contribution < 1.29 is 9.59 Å². The first kappa shape index (κ1) is 10.2. The van der Waals surface area contributed by atoms with E-state index in [2.05, 4.69) is 5.32 Å². The molecule has 0 bridgehead atoms. The number of amides is 1. The van der Waals surface area contributed by atoms with Gasteiger partial charge in [-0.2, -0.15) is 0 Å². The Bertz CT molecular complexity index is 218. The Hall–Kier alpha value is -0.900. The molecule has 1 saturated heterocycles. The summed E-state index contributed by atoms with van der Waals surface area (Å²) in [6, 6.07) is 0. The van der Waals surface area contributed by atoms with Crippen LogP contribution in [-0.4, -0.2) is 43.8 Å². The molecule has 1 heterocycles. The maximum atomic E-state index is 11.5. The van der Waals surface area contributed by atoms with Crippen LogP contribution in [0.3, 0.4) is 0 Å². The summed E-state index contributed by atoms with van der Waals surface area (Å²) >= 11 is 0. The second kappa shape index (κ2) is 3.87. The van der Waals surface area contributed by atoms with E-state index in [1.54, 1.807) is 7.05 Å². The van der Waals surface area contributed by atoms with Gasteiger partial charge in [-0.05, 0) is 19.9 Å². The number of hydrogen-bond donors (Lipinski definition) is 1. The summed E-state index contributed by atoms with van der Waals surface area (Å²) in [6.45, 7) is 3.90. The zero-order chi connectivity index (χ0) is 9.90. The van der Waals surface area contributed by atoms with Gasteiger partial charge in [0.15, 0.2) is 0 Å². The Kier molecular flexibility index (Phi) is 3.03. The Balaban J connectivity index is 2.55. The molecule has 1 amide bonds. The topological polar surface area (TPSA) is 49.4 Å². The molecule has 0 aromatic rings. The van der Waals surface area contributed by atoms with Crippen LogP contribution in [0.2, 0.25) is 0 Å². The number of rotatable bonds is 3. The van der Waals surface area contributed by atoms with Crippen molar-refractivity contribution in [2.24, 2.45) is 5.41 Å². The second-order valence-electron chi connectivity index (χ2n) is 3.79. The van der Waals surface area contributed by atoms with Gasteiger partial charge in [0.05, 0.1) is 12.0 Å². The van der Waals surface area contributed by atoms with Crippen molar-refractivity contribution in [1.29, 1.82) is 0 Å². The van der Waals surface area contributed by atoms with E-state index in [9.17, 15) is 9.59 Å². The van der Waals surface area contributed by atoms with Crippen LogP contribution in [-0.2, 0) is 9.59 Å². The molecular formula is C9H16N2O2. The molecule has 1 atom stereocenters. The predicted octanol–water partition coefficient (Wildman–Crippen LogP) is -0.357. The van der Waals surface area contributed by atoms with Gasteiger partial charge in [-0.15, -0.1) is 0 Å². The first-order valence-electron chi connectivity index (χ1n) is 4.50.